The molecule has 20 heavy (non-hydrogen) atoms. The van der Waals surface area contributed by atoms with Crippen molar-refractivity contribution in [2.45, 2.75) is 23.8 Å². The van der Waals surface area contributed by atoms with E-state index in [1.807, 2.05) is 0 Å². The van der Waals surface area contributed by atoms with E-state index in [0.717, 1.165) is 12.8 Å². The van der Waals surface area contributed by atoms with Crippen molar-refractivity contribution in [3.05, 3.63) is 18.3 Å². The summed E-state index contributed by atoms with van der Waals surface area (Å²) in [5, 5.41) is 12.7. The summed E-state index contributed by atoms with van der Waals surface area (Å²) in [6, 6.07) is 3.06. The Hall–Kier alpha value is -1.18. The van der Waals surface area contributed by atoms with Crippen LogP contribution in [0.25, 0.3) is 0 Å². The van der Waals surface area contributed by atoms with Gasteiger partial charge in [0.15, 0.2) is 0 Å². The minimum atomic E-state index is -3.49. The Morgan fingerprint density at radius 2 is 2.20 bits per heavy atom. The van der Waals surface area contributed by atoms with E-state index in [0.29, 0.717) is 24.8 Å². The van der Waals surface area contributed by atoms with Crippen molar-refractivity contribution in [3.63, 3.8) is 0 Å². The van der Waals surface area contributed by atoms with E-state index in [-0.39, 0.29) is 16.9 Å². The van der Waals surface area contributed by atoms with E-state index in [1.165, 1.54) is 16.6 Å². The predicted molar refractivity (Wildman–Crippen MR) is 74.8 cm³/mol. The van der Waals surface area contributed by atoms with Gasteiger partial charge in [-0.1, -0.05) is 0 Å². The van der Waals surface area contributed by atoms with Crippen molar-refractivity contribution in [1.29, 1.82) is 0 Å². The Morgan fingerprint density at radius 1 is 1.40 bits per heavy atom. The summed E-state index contributed by atoms with van der Waals surface area (Å²) in [6.07, 6.45) is 2.84. The lowest BCUT2D eigenvalue weighted by atomic mass is 10.00. The quantitative estimate of drug-likeness (QED) is 0.849. The third-order valence-corrected chi connectivity index (χ3v) is 6.24. The fourth-order valence-electron chi connectivity index (χ4n) is 3.25. The van der Waals surface area contributed by atoms with Crippen LogP contribution >= 0.6 is 0 Å². The van der Waals surface area contributed by atoms with Crippen molar-refractivity contribution >= 4 is 15.8 Å². The van der Waals surface area contributed by atoms with E-state index < -0.39 is 10.0 Å². The van der Waals surface area contributed by atoms with Crippen molar-refractivity contribution < 1.29 is 13.5 Å². The average molecular weight is 297 g/mol. The Kier molecular flexibility index (Phi) is 3.43. The maximum absolute atomic E-state index is 12.6. The monoisotopic (exact) mass is 297 g/mol. The third kappa shape index (κ3) is 2.19. The molecule has 7 heteroatoms. The third-order valence-electron chi connectivity index (χ3n) is 4.41. The molecular weight excluding hydrogens is 278 g/mol. The maximum atomic E-state index is 12.6. The Balaban J connectivity index is 1.86. The van der Waals surface area contributed by atoms with Crippen molar-refractivity contribution in [1.82, 2.24) is 9.29 Å². The number of aromatic nitrogens is 1. The highest BCUT2D eigenvalue weighted by Crippen LogP contribution is 2.40. The van der Waals surface area contributed by atoms with E-state index >= 15 is 0 Å². The highest BCUT2D eigenvalue weighted by Gasteiger charge is 2.45. The topological polar surface area (TPSA) is 82.5 Å². The minimum Gasteiger partial charge on any atom is -0.393 e. The van der Waals surface area contributed by atoms with E-state index in [4.69, 9.17) is 0 Å². The molecule has 1 saturated carbocycles. The molecule has 3 rings (SSSR count). The zero-order valence-corrected chi connectivity index (χ0v) is 12.2. The first-order valence-electron chi connectivity index (χ1n) is 6.84. The van der Waals surface area contributed by atoms with Gasteiger partial charge in [-0.05, 0) is 24.8 Å². The maximum Gasteiger partial charge on any atom is 0.243 e. The first kappa shape index (κ1) is 13.8. The summed E-state index contributed by atoms with van der Waals surface area (Å²) in [5.74, 6) is 0.922. The van der Waals surface area contributed by atoms with E-state index in [1.54, 1.807) is 13.1 Å². The Labute approximate surface area is 118 Å². The highest BCUT2D eigenvalue weighted by molar-refractivity contribution is 7.89. The molecule has 2 fully saturated rings. The highest BCUT2D eigenvalue weighted by atomic mass is 32.2. The lowest BCUT2D eigenvalue weighted by Crippen LogP contribution is -2.31. The largest absolute Gasteiger partial charge is 0.393 e. The number of hydrogen-bond donors (Lipinski definition) is 2. The van der Waals surface area contributed by atoms with Gasteiger partial charge in [-0.3, -0.25) is 0 Å². The second-order valence-corrected chi connectivity index (χ2v) is 7.46. The molecule has 0 amide bonds. The molecule has 0 spiro atoms. The molecule has 0 bridgehead atoms. The molecule has 6 nitrogen and oxygen atoms in total. The van der Waals surface area contributed by atoms with Crippen LogP contribution in [0.15, 0.2) is 23.2 Å². The number of nitrogens with zero attached hydrogens (tertiary/aromatic N) is 2. The van der Waals surface area contributed by atoms with Gasteiger partial charge in [-0.2, -0.15) is 4.31 Å². The predicted octanol–water partition coefficient (Wildman–Crippen LogP) is 0.515. The smallest absolute Gasteiger partial charge is 0.243 e. The van der Waals surface area contributed by atoms with Crippen molar-refractivity contribution in [3.8, 4) is 0 Å². The van der Waals surface area contributed by atoms with E-state index in [2.05, 4.69) is 10.3 Å². The van der Waals surface area contributed by atoms with Crippen molar-refractivity contribution in [2.75, 3.05) is 25.5 Å². The number of anilines is 1. The minimum absolute atomic E-state index is 0.0929. The van der Waals surface area contributed by atoms with Crippen LogP contribution in [0.5, 0.6) is 0 Å². The molecule has 1 aromatic rings. The summed E-state index contributed by atoms with van der Waals surface area (Å²) in [7, 11) is -1.79. The van der Waals surface area contributed by atoms with Crippen LogP contribution in [0.1, 0.15) is 12.8 Å². The summed E-state index contributed by atoms with van der Waals surface area (Å²) >= 11 is 0. The van der Waals surface area contributed by atoms with Crippen LogP contribution in [-0.2, 0) is 10.0 Å². The van der Waals surface area contributed by atoms with Crippen LogP contribution in [0.4, 0.5) is 5.82 Å². The molecule has 2 heterocycles. The zero-order chi connectivity index (χ0) is 14.3. The van der Waals surface area contributed by atoms with Gasteiger partial charge in [0.2, 0.25) is 10.0 Å². The van der Waals surface area contributed by atoms with Gasteiger partial charge in [0, 0.05) is 38.3 Å². The number of sulfonamides is 1. The normalized spacial score (nSPS) is 30.4. The fourth-order valence-corrected chi connectivity index (χ4v) is 4.80. The molecule has 2 N–H and O–H groups in total. The number of fused-ring (bicyclic) bond motifs is 1. The van der Waals surface area contributed by atoms with Gasteiger partial charge in [-0.15, -0.1) is 0 Å². The summed E-state index contributed by atoms with van der Waals surface area (Å²) in [4.78, 5) is 4.29. The Morgan fingerprint density at radius 3 is 2.90 bits per heavy atom. The molecule has 0 radical (unpaired) electrons. The number of hydrogen-bond acceptors (Lipinski definition) is 5. The van der Waals surface area contributed by atoms with Gasteiger partial charge in [0.25, 0.3) is 0 Å². The second-order valence-electron chi connectivity index (χ2n) is 5.52. The average Bonchev–Trinajstić information content (AvgIpc) is 3.02. The van der Waals surface area contributed by atoms with Gasteiger partial charge in [0.05, 0.1) is 11.0 Å². The van der Waals surface area contributed by atoms with Crippen LogP contribution in [0.2, 0.25) is 0 Å². The second kappa shape index (κ2) is 4.98. The number of aliphatic hydroxyl groups excluding tert-OH is 1. The molecule has 1 saturated heterocycles. The lowest BCUT2D eigenvalue weighted by molar-refractivity contribution is 0.129. The molecule has 0 aromatic carbocycles. The molecule has 1 aliphatic heterocycles. The number of aliphatic hydroxyl groups is 1. The molecule has 110 valence electrons. The van der Waals surface area contributed by atoms with Gasteiger partial charge >= 0.3 is 0 Å². The SMILES string of the molecule is CNc1cc(S(=O)(=O)N2CC3CCC(O)C3C2)ccn1. The van der Waals surface area contributed by atoms with E-state index in [9.17, 15) is 13.5 Å². The first-order valence-corrected chi connectivity index (χ1v) is 8.28. The number of nitrogens with one attached hydrogen (secondary N) is 1. The summed E-state index contributed by atoms with van der Waals surface area (Å²) in [6.45, 7) is 0.937. The van der Waals surface area contributed by atoms with Crippen LogP contribution in [0.3, 0.4) is 0 Å². The Bertz CT molecular complexity index is 605. The molecule has 1 aliphatic carbocycles. The van der Waals surface area contributed by atoms with Gasteiger partial charge in [-0.25, -0.2) is 13.4 Å². The van der Waals surface area contributed by atoms with Gasteiger partial charge in [0.1, 0.15) is 5.82 Å². The first-order chi connectivity index (χ1) is 9.52. The molecule has 1 aromatic heterocycles. The van der Waals surface area contributed by atoms with Crippen LogP contribution in [0, 0.1) is 11.8 Å². The summed E-state index contributed by atoms with van der Waals surface area (Å²) in [5.41, 5.74) is 0. The number of pyridine rings is 1. The molecule has 2 aliphatic rings. The fraction of sp³-hybridized carbons (Fsp3) is 0.615. The van der Waals surface area contributed by atoms with Gasteiger partial charge < -0.3 is 10.4 Å². The number of rotatable bonds is 3. The van der Waals surface area contributed by atoms with Crippen LogP contribution < -0.4 is 5.32 Å². The molecular formula is C13H19N3O3S. The zero-order valence-electron chi connectivity index (χ0n) is 11.4. The standard InChI is InChI=1S/C13H19N3O3S/c1-14-13-6-10(4-5-15-13)20(18,19)16-7-9-2-3-12(17)11(9)8-16/h4-6,9,11-12,17H,2-3,7-8H2,1H3,(H,14,15). The summed E-state index contributed by atoms with van der Waals surface area (Å²) < 4.78 is 26.8. The molecule has 3 atom stereocenters. The molecule has 3 unspecified atom stereocenters. The lowest BCUT2D eigenvalue weighted by Gasteiger charge is -2.18. The van der Waals surface area contributed by atoms with Crippen molar-refractivity contribution in [2.24, 2.45) is 11.8 Å². The van der Waals surface area contributed by atoms with Crippen LogP contribution in [-0.4, -0.2) is 49.1 Å².